The number of carbonyl (C=O) groups excluding carboxylic acids is 1. The van der Waals surface area contributed by atoms with Gasteiger partial charge in [-0.1, -0.05) is 6.07 Å². The monoisotopic (exact) mass is 437 g/mol. The number of Topliss-reactive ketones (excluding diaryl/α,β-unsaturated/α-hetero) is 1. The van der Waals surface area contributed by atoms with Gasteiger partial charge < -0.3 is 15.0 Å². The molecule has 9 heteroatoms. The van der Waals surface area contributed by atoms with Crippen LogP contribution in [0.2, 0.25) is 0 Å². The second kappa shape index (κ2) is 9.09. The van der Waals surface area contributed by atoms with Crippen LogP contribution in [0.15, 0.2) is 42.9 Å². The maximum absolute atomic E-state index is 14.7. The minimum absolute atomic E-state index is 0.0493. The number of hydrogen-bond acceptors (Lipinski definition) is 6. The molecule has 0 atom stereocenters. The van der Waals surface area contributed by atoms with Gasteiger partial charge in [-0.2, -0.15) is 4.39 Å². The van der Waals surface area contributed by atoms with E-state index in [4.69, 9.17) is 4.74 Å². The molecule has 0 aliphatic heterocycles. The van der Waals surface area contributed by atoms with Crippen LogP contribution in [-0.4, -0.2) is 32.8 Å². The van der Waals surface area contributed by atoms with Crippen LogP contribution >= 0.6 is 0 Å². The Hall–Kier alpha value is -3.88. The fourth-order valence-corrected chi connectivity index (χ4v) is 3.49. The number of nitrogens with zero attached hydrogens (tertiary/aromatic N) is 3. The molecule has 164 valence electrons. The molecule has 0 aliphatic rings. The summed E-state index contributed by atoms with van der Waals surface area (Å²) in [6.07, 6.45) is 5.12. The number of halogens is 2. The van der Waals surface area contributed by atoms with Crippen molar-refractivity contribution in [2.45, 2.75) is 26.3 Å². The molecule has 2 N–H and O–H groups in total. The van der Waals surface area contributed by atoms with Gasteiger partial charge >= 0.3 is 0 Å². The largest absolute Gasteiger partial charge is 0.481 e. The number of pyridine rings is 3. The smallest absolute Gasteiger partial charge is 0.218 e. The van der Waals surface area contributed by atoms with Crippen LogP contribution in [0.5, 0.6) is 5.88 Å². The van der Waals surface area contributed by atoms with Gasteiger partial charge in [0.1, 0.15) is 23.1 Å². The van der Waals surface area contributed by atoms with Gasteiger partial charge in [-0.15, -0.1) is 0 Å². The van der Waals surface area contributed by atoms with Gasteiger partial charge in [-0.25, -0.2) is 19.3 Å². The lowest BCUT2D eigenvalue weighted by atomic mass is 10.0. The molecule has 0 bridgehead atoms. The van der Waals surface area contributed by atoms with Crippen molar-refractivity contribution < 1.29 is 18.3 Å². The number of ketones is 1. The van der Waals surface area contributed by atoms with Crippen molar-refractivity contribution in [1.82, 2.24) is 19.9 Å². The number of aromatic amines is 1. The third-order valence-corrected chi connectivity index (χ3v) is 4.98. The van der Waals surface area contributed by atoms with E-state index < -0.39 is 11.8 Å². The fraction of sp³-hybridized carbons (Fsp3) is 0.217. The summed E-state index contributed by atoms with van der Waals surface area (Å²) in [5.74, 6) is -0.457. The minimum atomic E-state index is -0.610. The second-order valence-electron chi connectivity index (χ2n) is 7.43. The van der Waals surface area contributed by atoms with Crippen LogP contribution in [-0.2, 0) is 24.2 Å². The zero-order valence-corrected chi connectivity index (χ0v) is 17.6. The molecule has 4 heterocycles. The van der Waals surface area contributed by atoms with E-state index in [0.717, 1.165) is 22.7 Å². The highest BCUT2D eigenvalue weighted by atomic mass is 19.1. The van der Waals surface area contributed by atoms with E-state index in [2.05, 4.69) is 25.3 Å². The lowest BCUT2D eigenvalue weighted by Gasteiger charge is -2.10. The first-order chi connectivity index (χ1) is 15.4. The Morgan fingerprint density at radius 2 is 1.97 bits per heavy atom. The van der Waals surface area contributed by atoms with E-state index in [-0.39, 0.29) is 18.2 Å². The van der Waals surface area contributed by atoms with Crippen molar-refractivity contribution in [3.63, 3.8) is 0 Å². The maximum atomic E-state index is 14.7. The molecule has 0 saturated carbocycles. The summed E-state index contributed by atoms with van der Waals surface area (Å²) in [6, 6.07) is 6.51. The van der Waals surface area contributed by atoms with Crippen LogP contribution in [0.3, 0.4) is 0 Å². The molecule has 4 aromatic heterocycles. The number of methoxy groups -OCH3 is 1. The quantitative estimate of drug-likeness (QED) is 0.405. The molecule has 0 amide bonds. The van der Waals surface area contributed by atoms with Crippen LogP contribution in [0.4, 0.5) is 14.6 Å². The first-order valence-electron chi connectivity index (χ1n) is 9.95. The number of ether oxygens (including phenoxy) is 1. The number of hydrogen-bond donors (Lipinski definition) is 2. The second-order valence-corrected chi connectivity index (χ2v) is 7.43. The number of rotatable bonds is 8. The van der Waals surface area contributed by atoms with Gasteiger partial charge in [0, 0.05) is 48.3 Å². The van der Waals surface area contributed by atoms with Crippen LogP contribution in [0, 0.1) is 11.8 Å². The van der Waals surface area contributed by atoms with Gasteiger partial charge in [-0.3, -0.25) is 4.79 Å². The third kappa shape index (κ3) is 4.72. The average molecular weight is 437 g/mol. The van der Waals surface area contributed by atoms with Crippen molar-refractivity contribution in [2.75, 3.05) is 12.4 Å². The molecular weight excluding hydrogens is 416 g/mol. The highest BCUT2D eigenvalue weighted by molar-refractivity contribution is 5.83. The molecule has 0 aromatic carbocycles. The van der Waals surface area contributed by atoms with Crippen molar-refractivity contribution in [3.05, 3.63) is 76.9 Å². The van der Waals surface area contributed by atoms with Crippen molar-refractivity contribution in [2.24, 2.45) is 0 Å². The van der Waals surface area contributed by atoms with E-state index in [1.165, 1.54) is 20.1 Å². The number of anilines is 1. The van der Waals surface area contributed by atoms with Crippen LogP contribution in [0.25, 0.3) is 11.0 Å². The Morgan fingerprint density at radius 1 is 1.12 bits per heavy atom. The summed E-state index contributed by atoms with van der Waals surface area (Å²) < 4.78 is 33.3. The summed E-state index contributed by atoms with van der Waals surface area (Å²) in [5, 5.41) is 3.80. The lowest BCUT2D eigenvalue weighted by Crippen LogP contribution is -2.06. The summed E-state index contributed by atoms with van der Waals surface area (Å²) in [6.45, 7) is 1.70. The minimum Gasteiger partial charge on any atom is -0.481 e. The van der Waals surface area contributed by atoms with E-state index in [1.807, 2.05) is 6.07 Å². The van der Waals surface area contributed by atoms with E-state index in [0.29, 0.717) is 35.4 Å². The van der Waals surface area contributed by atoms with Crippen molar-refractivity contribution >= 4 is 22.6 Å². The van der Waals surface area contributed by atoms with Crippen LogP contribution in [0.1, 0.15) is 29.2 Å². The SMILES string of the molecule is COc1ncc(F)cc1CNc1ccc(Cc2c[nH]c3ncc(CC(C)=O)cc23)c(F)n1. The molecule has 4 aromatic rings. The number of fused-ring (bicyclic) bond motifs is 1. The molecule has 0 aliphatic carbocycles. The van der Waals surface area contributed by atoms with Gasteiger partial charge in [0.2, 0.25) is 11.8 Å². The first kappa shape index (κ1) is 21.4. The van der Waals surface area contributed by atoms with E-state index >= 15 is 0 Å². The summed E-state index contributed by atoms with van der Waals surface area (Å²) in [5.41, 5.74) is 3.25. The Balaban J connectivity index is 1.50. The van der Waals surface area contributed by atoms with Crippen LogP contribution < -0.4 is 10.1 Å². The molecule has 0 spiro atoms. The topological polar surface area (TPSA) is 92.8 Å². The highest BCUT2D eigenvalue weighted by Gasteiger charge is 2.13. The average Bonchev–Trinajstić information content (AvgIpc) is 3.15. The molecule has 4 rings (SSSR count). The number of nitrogens with one attached hydrogen (secondary N) is 2. The zero-order valence-electron chi connectivity index (χ0n) is 17.6. The maximum Gasteiger partial charge on any atom is 0.218 e. The van der Waals surface area contributed by atoms with Gasteiger partial charge in [-0.05, 0) is 36.2 Å². The molecule has 32 heavy (non-hydrogen) atoms. The first-order valence-corrected chi connectivity index (χ1v) is 9.95. The Morgan fingerprint density at radius 3 is 2.72 bits per heavy atom. The highest BCUT2D eigenvalue weighted by Crippen LogP contribution is 2.23. The molecule has 7 nitrogen and oxygen atoms in total. The fourth-order valence-electron chi connectivity index (χ4n) is 3.49. The zero-order chi connectivity index (χ0) is 22.7. The molecule has 0 radical (unpaired) electrons. The summed E-state index contributed by atoms with van der Waals surface area (Å²) in [7, 11) is 1.44. The van der Waals surface area contributed by atoms with E-state index in [1.54, 1.807) is 24.5 Å². The molecule has 0 saturated heterocycles. The standard InChI is InChI=1S/C23H21F2N5O2/c1-13(31)5-14-6-19-16(10-28-22(19)27-9-14)7-15-3-4-20(30-21(15)25)26-11-17-8-18(24)12-29-23(17)32-2/h3-4,6,8-10,12H,5,7,11H2,1-2H3,(H,26,30)(H,27,28). The summed E-state index contributed by atoms with van der Waals surface area (Å²) >= 11 is 0. The Labute approximate surface area is 182 Å². The third-order valence-electron chi connectivity index (χ3n) is 4.98. The number of H-pyrrole nitrogens is 1. The molecule has 0 fully saturated rings. The van der Waals surface area contributed by atoms with Gasteiger partial charge in [0.25, 0.3) is 0 Å². The van der Waals surface area contributed by atoms with Gasteiger partial charge in [0.15, 0.2) is 0 Å². The summed E-state index contributed by atoms with van der Waals surface area (Å²) in [4.78, 5) is 26.7. The normalized spacial score (nSPS) is 11.0. The lowest BCUT2D eigenvalue weighted by molar-refractivity contribution is -0.116. The van der Waals surface area contributed by atoms with E-state index in [9.17, 15) is 13.6 Å². The Bertz CT molecular complexity index is 1290. The van der Waals surface area contributed by atoms with Crippen molar-refractivity contribution in [1.29, 1.82) is 0 Å². The predicted octanol–water partition coefficient (Wildman–Crippen LogP) is 3.97. The predicted molar refractivity (Wildman–Crippen MR) is 116 cm³/mol. The molecular formula is C23H21F2N5O2. The number of aromatic nitrogens is 4. The van der Waals surface area contributed by atoms with Gasteiger partial charge in [0.05, 0.1) is 13.3 Å². The number of carbonyl (C=O) groups is 1. The molecule has 0 unspecified atom stereocenters. The van der Waals surface area contributed by atoms with Crippen molar-refractivity contribution in [3.8, 4) is 5.88 Å². The Kier molecular flexibility index (Phi) is 6.07.